The van der Waals surface area contributed by atoms with Crippen molar-refractivity contribution in [2.24, 2.45) is 0 Å². The zero-order valence-corrected chi connectivity index (χ0v) is 19.4. The molecular formula is C25H33N5O3. The highest BCUT2D eigenvalue weighted by Crippen LogP contribution is 2.25. The van der Waals surface area contributed by atoms with Crippen molar-refractivity contribution in [3.63, 3.8) is 0 Å². The van der Waals surface area contributed by atoms with Gasteiger partial charge >= 0.3 is 6.03 Å². The van der Waals surface area contributed by atoms with Crippen LogP contribution in [0.3, 0.4) is 0 Å². The quantitative estimate of drug-likeness (QED) is 0.702. The minimum Gasteiger partial charge on any atom is -0.376 e. The lowest BCUT2D eigenvalue weighted by Gasteiger charge is -2.36. The highest BCUT2D eigenvalue weighted by Gasteiger charge is 2.26. The Morgan fingerprint density at radius 1 is 1.12 bits per heavy atom. The van der Waals surface area contributed by atoms with Crippen LogP contribution < -0.4 is 15.5 Å². The lowest BCUT2D eigenvalue weighted by molar-refractivity contribution is 0.0857. The van der Waals surface area contributed by atoms with E-state index in [0.29, 0.717) is 50.0 Å². The van der Waals surface area contributed by atoms with Gasteiger partial charge < -0.3 is 25.2 Å². The lowest BCUT2D eigenvalue weighted by Crippen LogP contribution is -2.50. The van der Waals surface area contributed by atoms with Crippen molar-refractivity contribution in [3.8, 4) is 0 Å². The molecule has 0 aliphatic carbocycles. The van der Waals surface area contributed by atoms with Crippen LogP contribution in [-0.2, 0) is 4.74 Å². The Balaban J connectivity index is 1.35. The number of ether oxygens (including phenoxy) is 1. The summed E-state index contributed by atoms with van der Waals surface area (Å²) in [4.78, 5) is 34.1. The van der Waals surface area contributed by atoms with E-state index in [0.717, 1.165) is 30.7 Å². The van der Waals surface area contributed by atoms with E-state index in [1.54, 1.807) is 18.3 Å². The van der Waals surface area contributed by atoms with Crippen LogP contribution in [0.15, 0.2) is 42.6 Å². The number of hydrogen-bond donors (Lipinski definition) is 2. The Morgan fingerprint density at radius 3 is 2.64 bits per heavy atom. The number of carbonyl (C=O) groups excluding carboxylic acids is 2. The van der Waals surface area contributed by atoms with Crippen molar-refractivity contribution in [2.45, 2.75) is 38.7 Å². The van der Waals surface area contributed by atoms with E-state index in [-0.39, 0.29) is 18.0 Å². The largest absolute Gasteiger partial charge is 0.376 e. The second-order valence-corrected chi connectivity index (χ2v) is 8.87. The van der Waals surface area contributed by atoms with Crippen molar-refractivity contribution >= 4 is 23.4 Å². The normalized spacial score (nSPS) is 18.5. The number of carbonyl (C=O) groups is 2. The highest BCUT2D eigenvalue weighted by atomic mass is 16.5. The average Bonchev–Trinajstić information content (AvgIpc) is 3.36. The Labute approximate surface area is 195 Å². The van der Waals surface area contributed by atoms with Crippen LogP contribution in [0.2, 0.25) is 0 Å². The zero-order valence-electron chi connectivity index (χ0n) is 19.4. The van der Waals surface area contributed by atoms with E-state index in [1.807, 2.05) is 29.2 Å². The van der Waals surface area contributed by atoms with Crippen molar-refractivity contribution in [1.29, 1.82) is 0 Å². The van der Waals surface area contributed by atoms with Crippen LogP contribution >= 0.6 is 0 Å². The number of benzene rings is 1. The van der Waals surface area contributed by atoms with Gasteiger partial charge in [0.25, 0.3) is 5.91 Å². The van der Waals surface area contributed by atoms with Gasteiger partial charge in [-0.1, -0.05) is 32.0 Å². The summed E-state index contributed by atoms with van der Waals surface area (Å²) in [6, 6.07) is 11.4. The van der Waals surface area contributed by atoms with Gasteiger partial charge in [0, 0.05) is 51.2 Å². The number of rotatable bonds is 6. The molecule has 0 bridgehead atoms. The van der Waals surface area contributed by atoms with E-state index in [9.17, 15) is 9.59 Å². The molecule has 1 aromatic heterocycles. The smallest absolute Gasteiger partial charge is 0.321 e. The second kappa shape index (κ2) is 10.7. The molecule has 176 valence electrons. The third kappa shape index (κ3) is 5.63. The number of nitrogens with one attached hydrogen (secondary N) is 2. The van der Waals surface area contributed by atoms with E-state index in [1.165, 1.54) is 0 Å². The average molecular weight is 452 g/mol. The molecule has 2 aliphatic heterocycles. The molecule has 2 saturated heterocycles. The van der Waals surface area contributed by atoms with Crippen LogP contribution in [0.1, 0.15) is 48.5 Å². The minimum atomic E-state index is -0.140. The van der Waals surface area contributed by atoms with Gasteiger partial charge in [-0.2, -0.15) is 0 Å². The van der Waals surface area contributed by atoms with Crippen molar-refractivity contribution in [1.82, 2.24) is 15.2 Å². The molecule has 2 aliphatic rings. The number of nitrogens with zero attached hydrogens (tertiary/aromatic N) is 3. The van der Waals surface area contributed by atoms with Gasteiger partial charge in [-0.15, -0.1) is 0 Å². The maximum Gasteiger partial charge on any atom is 0.321 e. The fraction of sp³-hybridized carbons (Fsp3) is 0.480. The van der Waals surface area contributed by atoms with E-state index in [2.05, 4.69) is 34.4 Å². The molecule has 2 aromatic rings. The molecular weight excluding hydrogens is 418 g/mol. The standard InChI is InChI=1S/C25H33N5O3/c1-18(2)20-8-3-4-10-22(20)28-25(32)30-14-12-29(13-15-30)23-21(9-5-11-26-23)24(31)27-17-19-7-6-16-33-19/h3-5,8-11,18-19H,6-7,12-17H2,1-2H3,(H,27,31)(H,28,32)/t19-/m1/s1. The zero-order chi connectivity index (χ0) is 23.2. The van der Waals surface area contributed by atoms with Crippen LogP contribution in [-0.4, -0.2) is 67.3 Å². The molecule has 33 heavy (non-hydrogen) atoms. The fourth-order valence-electron chi connectivity index (χ4n) is 4.36. The minimum absolute atomic E-state index is 0.0944. The number of amides is 3. The topological polar surface area (TPSA) is 86.8 Å². The van der Waals surface area contributed by atoms with Gasteiger partial charge in [0.05, 0.1) is 11.7 Å². The molecule has 0 radical (unpaired) electrons. The molecule has 4 rings (SSSR count). The molecule has 8 nitrogen and oxygen atoms in total. The van der Waals surface area contributed by atoms with E-state index < -0.39 is 0 Å². The van der Waals surface area contributed by atoms with Crippen LogP contribution in [0.4, 0.5) is 16.3 Å². The van der Waals surface area contributed by atoms with Gasteiger partial charge in [-0.3, -0.25) is 4.79 Å². The Kier molecular flexibility index (Phi) is 7.44. The third-order valence-corrected chi connectivity index (χ3v) is 6.24. The molecule has 2 fully saturated rings. The number of anilines is 2. The first kappa shape index (κ1) is 23.0. The monoisotopic (exact) mass is 451 g/mol. The molecule has 1 aromatic carbocycles. The predicted molar refractivity (Wildman–Crippen MR) is 129 cm³/mol. The van der Waals surface area contributed by atoms with Crippen molar-refractivity contribution in [2.75, 3.05) is 49.5 Å². The molecule has 0 unspecified atom stereocenters. The fourth-order valence-corrected chi connectivity index (χ4v) is 4.36. The molecule has 2 N–H and O–H groups in total. The summed E-state index contributed by atoms with van der Waals surface area (Å²) in [7, 11) is 0. The number of pyridine rings is 1. The third-order valence-electron chi connectivity index (χ3n) is 6.24. The highest BCUT2D eigenvalue weighted by molar-refractivity contribution is 5.99. The van der Waals surface area contributed by atoms with Crippen LogP contribution in [0.25, 0.3) is 0 Å². The summed E-state index contributed by atoms with van der Waals surface area (Å²) in [5.41, 5.74) is 2.53. The molecule has 0 spiro atoms. The number of urea groups is 1. The number of piperazine rings is 1. The van der Waals surface area contributed by atoms with Crippen molar-refractivity contribution < 1.29 is 14.3 Å². The SMILES string of the molecule is CC(C)c1ccccc1NC(=O)N1CCN(c2ncccc2C(=O)NC[C@H]2CCCO2)CC1. The van der Waals surface area contributed by atoms with Gasteiger partial charge in [0.15, 0.2) is 0 Å². The van der Waals surface area contributed by atoms with Gasteiger partial charge in [-0.25, -0.2) is 9.78 Å². The lowest BCUT2D eigenvalue weighted by atomic mass is 10.0. The maximum atomic E-state index is 12.9. The Morgan fingerprint density at radius 2 is 1.91 bits per heavy atom. The first-order valence-electron chi connectivity index (χ1n) is 11.8. The molecule has 3 amide bonds. The van der Waals surface area contributed by atoms with E-state index in [4.69, 9.17) is 4.74 Å². The van der Waals surface area contributed by atoms with Crippen LogP contribution in [0.5, 0.6) is 0 Å². The second-order valence-electron chi connectivity index (χ2n) is 8.87. The summed E-state index contributed by atoms with van der Waals surface area (Å²) >= 11 is 0. The maximum absolute atomic E-state index is 12.9. The van der Waals surface area contributed by atoms with Crippen LogP contribution in [0, 0.1) is 0 Å². The summed E-state index contributed by atoms with van der Waals surface area (Å²) in [5, 5.41) is 6.05. The molecule has 1 atom stereocenters. The number of aromatic nitrogens is 1. The summed E-state index contributed by atoms with van der Waals surface area (Å²) < 4.78 is 5.60. The summed E-state index contributed by atoms with van der Waals surface area (Å²) in [5.74, 6) is 0.846. The summed E-state index contributed by atoms with van der Waals surface area (Å²) in [6.07, 6.45) is 3.82. The van der Waals surface area contributed by atoms with E-state index >= 15 is 0 Å². The number of para-hydroxylation sites is 1. The van der Waals surface area contributed by atoms with Gasteiger partial charge in [0.2, 0.25) is 0 Å². The predicted octanol–water partition coefficient (Wildman–Crippen LogP) is 3.47. The van der Waals surface area contributed by atoms with Gasteiger partial charge in [-0.05, 0) is 42.5 Å². The first-order valence-corrected chi connectivity index (χ1v) is 11.8. The number of hydrogen-bond acceptors (Lipinski definition) is 5. The Hall–Kier alpha value is -3.13. The molecule has 8 heteroatoms. The van der Waals surface area contributed by atoms with Crippen molar-refractivity contribution in [3.05, 3.63) is 53.7 Å². The summed E-state index contributed by atoms with van der Waals surface area (Å²) in [6.45, 7) is 7.85. The van der Waals surface area contributed by atoms with Gasteiger partial charge in [0.1, 0.15) is 5.82 Å². The molecule has 0 saturated carbocycles. The first-order chi connectivity index (χ1) is 16.0. The Bertz CT molecular complexity index is 966. The molecule has 3 heterocycles.